The lowest BCUT2D eigenvalue weighted by atomic mass is 10.2. The molecule has 1 amide bonds. The molecule has 7 heteroatoms. The zero-order valence-electron chi connectivity index (χ0n) is 15.9. The van der Waals surface area contributed by atoms with Crippen molar-refractivity contribution in [2.45, 2.75) is 25.4 Å². The third-order valence-corrected chi connectivity index (χ3v) is 4.88. The number of carbonyl (C=O) groups is 1. The zero-order chi connectivity index (χ0) is 18.5. The molecule has 2 aromatic heterocycles. The maximum Gasteiger partial charge on any atom is 0.272 e. The van der Waals surface area contributed by atoms with E-state index in [0.29, 0.717) is 24.7 Å². The monoisotopic (exact) mass is 356 g/mol. The predicted molar refractivity (Wildman–Crippen MR) is 101 cm³/mol. The Morgan fingerprint density at radius 2 is 2.23 bits per heavy atom. The maximum atomic E-state index is 12.6. The van der Waals surface area contributed by atoms with Crippen molar-refractivity contribution in [3.63, 3.8) is 0 Å². The Labute approximate surface area is 155 Å². The van der Waals surface area contributed by atoms with Gasteiger partial charge in [0.1, 0.15) is 0 Å². The number of likely N-dealkylation sites (tertiary alicyclic amines) is 1. The summed E-state index contributed by atoms with van der Waals surface area (Å²) in [7, 11) is 6.11. The van der Waals surface area contributed by atoms with Crippen molar-refractivity contribution in [2.75, 3.05) is 33.7 Å². The molecule has 2 aromatic rings. The standard InChI is InChI=1S/C19H28N6O/c1-23(2)17-8-11-25(14-17)13-15-12-24(3)22-18(15)19(26)21-10-7-16-6-4-5-9-20-16/h4-6,9,12,17H,7-8,10-11,13-14H2,1-3H3,(H,21,26). The van der Waals surface area contributed by atoms with Crippen LogP contribution in [0.1, 0.15) is 28.2 Å². The Bertz CT molecular complexity index is 727. The first kappa shape index (κ1) is 18.5. The van der Waals surface area contributed by atoms with Gasteiger partial charge in [-0.1, -0.05) is 6.07 Å². The fourth-order valence-electron chi connectivity index (χ4n) is 3.40. The second-order valence-electron chi connectivity index (χ2n) is 7.14. The third-order valence-electron chi connectivity index (χ3n) is 4.88. The van der Waals surface area contributed by atoms with E-state index in [4.69, 9.17) is 0 Å². The Hall–Kier alpha value is -2.25. The van der Waals surface area contributed by atoms with Crippen LogP contribution in [-0.4, -0.2) is 70.2 Å². The largest absolute Gasteiger partial charge is 0.350 e. The van der Waals surface area contributed by atoms with Gasteiger partial charge in [0.05, 0.1) is 0 Å². The molecule has 26 heavy (non-hydrogen) atoms. The summed E-state index contributed by atoms with van der Waals surface area (Å²) in [6.07, 6.45) is 5.60. The number of pyridine rings is 1. The summed E-state index contributed by atoms with van der Waals surface area (Å²) in [5, 5.41) is 7.36. The summed E-state index contributed by atoms with van der Waals surface area (Å²) >= 11 is 0. The first-order valence-corrected chi connectivity index (χ1v) is 9.12. The highest BCUT2D eigenvalue weighted by Crippen LogP contribution is 2.18. The van der Waals surface area contributed by atoms with Crippen molar-refractivity contribution >= 4 is 5.91 Å². The number of nitrogens with one attached hydrogen (secondary N) is 1. The first-order valence-electron chi connectivity index (χ1n) is 9.12. The van der Waals surface area contributed by atoms with Gasteiger partial charge in [-0.05, 0) is 32.6 Å². The number of hydrogen-bond donors (Lipinski definition) is 1. The van der Waals surface area contributed by atoms with E-state index in [2.05, 4.69) is 39.3 Å². The molecule has 7 nitrogen and oxygen atoms in total. The zero-order valence-corrected chi connectivity index (χ0v) is 15.9. The summed E-state index contributed by atoms with van der Waals surface area (Å²) in [5.41, 5.74) is 2.49. The lowest BCUT2D eigenvalue weighted by molar-refractivity contribution is 0.0946. The van der Waals surface area contributed by atoms with Gasteiger partial charge in [0, 0.05) is 69.3 Å². The Kier molecular flexibility index (Phi) is 6.00. The average Bonchev–Trinajstić information content (AvgIpc) is 3.23. The van der Waals surface area contributed by atoms with Gasteiger partial charge in [0.15, 0.2) is 5.69 Å². The molecule has 1 fully saturated rings. The second kappa shape index (κ2) is 8.42. The Morgan fingerprint density at radius 3 is 2.92 bits per heavy atom. The first-order chi connectivity index (χ1) is 12.5. The number of carbonyl (C=O) groups excluding carboxylic acids is 1. The topological polar surface area (TPSA) is 66.3 Å². The van der Waals surface area contributed by atoms with Crippen LogP contribution in [0.15, 0.2) is 30.6 Å². The third kappa shape index (κ3) is 4.68. The molecule has 1 atom stereocenters. The van der Waals surface area contributed by atoms with Crippen LogP contribution >= 0.6 is 0 Å². The van der Waals surface area contributed by atoms with Gasteiger partial charge in [-0.2, -0.15) is 5.10 Å². The van der Waals surface area contributed by atoms with E-state index in [1.807, 2.05) is 31.4 Å². The van der Waals surface area contributed by atoms with Crippen LogP contribution in [0.2, 0.25) is 0 Å². The lowest BCUT2D eigenvalue weighted by Gasteiger charge is -2.20. The van der Waals surface area contributed by atoms with E-state index in [0.717, 1.165) is 30.9 Å². The van der Waals surface area contributed by atoms with Crippen LogP contribution < -0.4 is 5.32 Å². The molecular formula is C19H28N6O. The number of hydrogen-bond acceptors (Lipinski definition) is 5. The molecule has 1 aliphatic rings. The van der Waals surface area contributed by atoms with Crippen molar-refractivity contribution < 1.29 is 4.79 Å². The molecule has 0 radical (unpaired) electrons. The van der Waals surface area contributed by atoms with Crippen LogP contribution in [0.5, 0.6) is 0 Å². The fourth-order valence-corrected chi connectivity index (χ4v) is 3.40. The number of rotatable bonds is 7. The second-order valence-corrected chi connectivity index (χ2v) is 7.14. The predicted octanol–water partition coefficient (Wildman–Crippen LogP) is 0.923. The minimum Gasteiger partial charge on any atom is -0.350 e. The van der Waals surface area contributed by atoms with E-state index >= 15 is 0 Å². The van der Waals surface area contributed by atoms with E-state index in [9.17, 15) is 4.79 Å². The number of aromatic nitrogens is 3. The van der Waals surface area contributed by atoms with Crippen LogP contribution in [0, 0.1) is 0 Å². The number of likely N-dealkylation sites (N-methyl/N-ethyl adjacent to an activating group) is 1. The maximum absolute atomic E-state index is 12.6. The van der Waals surface area contributed by atoms with Crippen LogP contribution in [-0.2, 0) is 20.0 Å². The average molecular weight is 356 g/mol. The van der Waals surface area contributed by atoms with Crippen molar-refractivity contribution in [2.24, 2.45) is 7.05 Å². The Balaban J connectivity index is 1.57. The van der Waals surface area contributed by atoms with E-state index in [1.165, 1.54) is 6.42 Å². The minimum absolute atomic E-state index is 0.111. The molecular weight excluding hydrogens is 328 g/mol. The van der Waals surface area contributed by atoms with Gasteiger partial charge in [-0.25, -0.2) is 0 Å². The SMILES string of the molecule is CN(C)C1CCN(Cc2cn(C)nc2C(=O)NCCc2ccccn2)C1. The molecule has 140 valence electrons. The minimum atomic E-state index is -0.111. The van der Waals surface area contributed by atoms with Crippen molar-refractivity contribution in [1.82, 2.24) is 29.9 Å². The molecule has 0 saturated carbocycles. The highest BCUT2D eigenvalue weighted by molar-refractivity contribution is 5.93. The highest BCUT2D eigenvalue weighted by Gasteiger charge is 2.26. The quantitative estimate of drug-likeness (QED) is 0.799. The molecule has 1 saturated heterocycles. The van der Waals surface area contributed by atoms with E-state index < -0.39 is 0 Å². The molecule has 0 aromatic carbocycles. The molecule has 1 N–H and O–H groups in total. The molecule has 3 rings (SSSR count). The molecule has 0 bridgehead atoms. The Morgan fingerprint density at radius 1 is 1.38 bits per heavy atom. The summed E-state index contributed by atoms with van der Waals surface area (Å²) in [6.45, 7) is 3.40. The van der Waals surface area contributed by atoms with Gasteiger partial charge in [0.25, 0.3) is 5.91 Å². The van der Waals surface area contributed by atoms with Gasteiger partial charge >= 0.3 is 0 Å². The van der Waals surface area contributed by atoms with Crippen LogP contribution in [0.25, 0.3) is 0 Å². The number of nitrogens with zero attached hydrogens (tertiary/aromatic N) is 5. The normalized spacial score (nSPS) is 17.8. The van der Waals surface area contributed by atoms with Gasteiger partial charge < -0.3 is 10.2 Å². The summed E-state index contributed by atoms with van der Waals surface area (Å²) in [5.74, 6) is -0.111. The number of aryl methyl sites for hydroxylation is 1. The van der Waals surface area contributed by atoms with Gasteiger partial charge in [-0.15, -0.1) is 0 Å². The van der Waals surface area contributed by atoms with Gasteiger partial charge in [0.2, 0.25) is 0 Å². The number of amides is 1. The lowest BCUT2D eigenvalue weighted by Crippen LogP contribution is -2.32. The summed E-state index contributed by atoms with van der Waals surface area (Å²) in [6, 6.07) is 6.40. The summed E-state index contributed by atoms with van der Waals surface area (Å²) in [4.78, 5) is 21.5. The molecule has 1 unspecified atom stereocenters. The van der Waals surface area contributed by atoms with Crippen molar-refractivity contribution in [3.05, 3.63) is 47.5 Å². The summed E-state index contributed by atoms with van der Waals surface area (Å²) < 4.78 is 1.72. The van der Waals surface area contributed by atoms with E-state index in [1.54, 1.807) is 10.9 Å². The van der Waals surface area contributed by atoms with Gasteiger partial charge in [-0.3, -0.25) is 19.4 Å². The molecule has 3 heterocycles. The highest BCUT2D eigenvalue weighted by atomic mass is 16.1. The van der Waals surface area contributed by atoms with E-state index in [-0.39, 0.29) is 5.91 Å². The molecule has 1 aliphatic heterocycles. The van der Waals surface area contributed by atoms with Crippen molar-refractivity contribution in [1.29, 1.82) is 0 Å². The molecule has 0 spiro atoms. The molecule has 0 aliphatic carbocycles. The van der Waals surface area contributed by atoms with Crippen molar-refractivity contribution in [3.8, 4) is 0 Å². The smallest absolute Gasteiger partial charge is 0.272 e. The fraction of sp³-hybridized carbons (Fsp3) is 0.526. The van der Waals surface area contributed by atoms with Crippen LogP contribution in [0.4, 0.5) is 0 Å². The van der Waals surface area contributed by atoms with Crippen LogP contribution in [0.3, 0.4) is 0 Å².